The molecule has 7 nitrogen and oxygen atoms in total. The maximum atomic E-state index is 11.0. The summed E-state index contributed by atoms with van der Waals surface area (Å²) >= 11 is 1.14. The molecule has 2 rings (SSSR count). The summed E-state index contributed by atoms with van der Waals surface area (Å²) < 4.78 is 0. The third kappa shape index (κ3) is 3.52. The Morgan fingerprint density at radius 1 is 1.42 bits per heavy atom. The summed E-state index contributed by atoms with van der Waals surface area (Å²) in [6.07, 6.45) is 0. The number of aromatic amines is 1. The van der Waals surface area contributed by atoms with E-state index in [1.807, 2.05) is 13.8 Å². The maximum absolute atomic E-state index is 11.0. The highest BCUT2D eigenvalue weighted by atomic mass is 32.1. The normalized spacial score (nSPS) is 10.7. The first-order valence-corrected chi connectivity index (χ1v) is 6.72. The van der Waals surface area contributed by atoms with E-state index in [1.165, 1.54) is 0 Å². The van der Waals surface area contributed by atoms with Crippen LogP contribution in [0.4, 0.5) is 11.6 Å². The Kier molecular flexibility index (Phi) is 4.13. The Bertz CT molecular complexity index is 605. The van der Waals surface area contributed by atoms with Crippen LogP contribution in [0.3, 0.4) is 0 Å². The van der Waals surface area contributed by atoms with Gasteiger partial charge < -0.3 is 15.7 Å². The van der Waals surface area contributed by atoms with Crippen LogP contribution in [-0.4, -0.2) is 15.0 Å². The number of thiazole rings is 1. The lowest BCUT2D eigenvalue weighted by Crippen LogP contribution is -2.13. The van der Waals surface area contributed by atoms with Crippen molar-refractivity contribution >= 4 is 23.0 Å². The van der Waals surface area contributed by atoms with E-state index in [0.717, 1.165) is 17.0 Å². The summed E-state index contributed by atoms with van der Waals surface area (Å²) in [5.41, 5.74) is 3.34. The molecule has 0 amide bonds. The first kappa shape index (κ1) is 13.5. The van der Waals surface area contributed by atoms with Crippen LogP contribution < -0.4 is 21.5 Å². The molecule has 2 aromatic heterocycles. The van der Waals surface area contributed by atoms with Gasteiger partial charge in [0.05, 0.1) is 6.54 Å². The Morgan fingerprint density at radius 2 is 2.16 bits per heavy atom. The number of H-pyrrole nitrogens is 1. The largest absolute Gasteiger partial charge is 0.364 e. The highest BCUT2D eigenvalue weighted by Gasteiger charge is 2.07. The number of nitrogens with two attached hydrogens (primary N) is 1. The van der Waals surface area contributed by atoms with Gasteiger partial charge in [0.15, 0.2) is 0 Å². The zero-order valence-electron chi connectivity index (χ0n) is 10.7. The second kappa shape index (κ2) is 5.81. The van der Waals surface area contributed by atoms with Crippen molar-refractivity contribution in [1.29, 1.82) is 0 Å². The highest BCUT2D eigenvalue weighted by Crippen LogP contribution is 2.16. The summed E-state index contributed by atoms with van der Waals surface area (Å²) in [7, 11) is 0. The summed E-state index contributed by atoms with van der Waals surface area (Å²) in [6.45, 7) is 4.52. The molecule has 0 aliphatic rings. The topological polar surface area (TPSA) is 109 Å². The number of rotatable bonds is 5. The number of hydrazine groups is 1. The zero-order chi connectivity index (χ0) is 13.8. The maximum Gasteiger partial charge on any atom is 0.304 e. The lowest BCUT2D eigenvalue weighted by atomic mass is 10.2. The van der Waals surface area contributed by atoms with Crippen LogP contribution in [0.15, 0.2) is 16.2 Å². The van der Waals surface area contributed by atoms with Crippen molar-refractivity contribution in [2.45, 2.75) is 26.3 Å². The molecule has 2 aromatic rings. The van der Waals surface area contributed by atoms with E-state index >= 15 is 0 Å². The monoisotopic (exact) mass is 280 g/mol. The molecule has 0 atom stereocenters. The summed E-state index contributed by atoms with van der Waals surface area (Å²) in [5, 5.41) is 4.91. The van der Waals surface area contributed by atoms with Crippen molar-refractivity contribution in [1.82, 2.24) is 15.0 Å². The lowest BCUT2D eigenvalue weighted by Gasteiger charge is -2.10. The zero-order valence-corrected chi connectivity index (χ0v) is 11.5. The van der Waals surface area contributed by atoms with E-state index in [0.29, 0.717) is 24.0 Å². The second-order valence-corrected chi connectivity index (χ2v) is 5.16. The average molecular weight is 280 g/mol. The number of anilines is 2. The fraction of sp³-hybridized carbons (Fsp3) is 0.364. The molecule has 0 aromatic carbocycles. The summed E-state index contributed by atoms with van der Waals surface area (Å²) in [5.74, 6) is 7.51. The van der Waals surface area contributed by atoms with E-state index in [4.69, 9.17) is 5.84 Å². The smallest absolute Gasteiger partial charge is 0.304 e. The van der Waals surface area contributed by atoms with Gasteiger partial charge >= 0.3 is 4.87 Å². The molecule has 2 heterocycles. The van der Waals surface area contributed by atoms with E-state index < -0.39 is 0 Å². The molecule has 8 heteroatoms. The number of aromatic nitrogens is 3. The van der Waals surface area contributed by atoms with Crippen molar-refractivity contribution in [2.75, 3.05) is 10.7 Å². The van der Waals surface area contributed by atoms with Crippen LogP contribution in [0, 0.1) is 0 Å². The predicted octanol–water partition coefficient (Wildman–Crippen LogP) is 1.25. The van der Waals surface area contributed by atoms with Crippen LogP contribution >= 0.6 is 11.3 Å². The third-order valence-electron chi connectivity index (χ3n) is 2.44. The van der Waals surface area contributed by atoms with Gasteiger partial charge in [-0.2, -0.15) is 0 Å². The predicted molar refractivity (Wildman–Crippen MR) is 76.2 cm³/mol. The fourth-order valence-corrected chi connectivity index (χ4v) is 2.06. The van der Waals surface area contributed by atoms with E-state index in [9.17, 15) is 4.79 Å². The van der Waals surface area contributed by atoms with Crippen LogP contribution in [0.25, 0.3) is 0 Å². The molecule has 0 spiro atoms. The van der Waals surface area contributed by atoms with Crippen LogP contribution in [0.1, 0.15) is 31.3 Å². The highest BCUT2D eigenvalue weighted by molar-refractivity contribution is 7.07. The molecule has 0 aliphatic carbocycles. The Labute approximate surface area is 114 Å². The minimum atomic E-state index is -0.0633. The number of nitrogen functional groups attached to an aromatic ring is 1. The minimum absolute atomic E-state index is 0.0633. The van der Waals surface area contributed by atoms with Gasteiger partial charge in [0.25, 0.3) is 0 Å². The molecule has 0 fully saturated rings. The van der Waals surface area contributed by atoms with Gasteiger partial charge in [0, 0.05) is 23.1 Å². The molecule has 0 radical (unpaired) electrons. The van der Waals surface area contributed by atoms with Gasteiger partial charge in [-0.05, 0) is 0 Å². The number of hydrogen-bond donors (Lipinski definition) is 4. The van der Waals surface area contributed by atoms with Gasteiger partial charge in [-0.15, -0.1) is 0 Å². The number of hydrogen-bond acceptors (Lipinski definition) is 7. The van der Waals surface area contributed by atoms with Gasteiger partial charge in [-0.3, -0.25) is 4.79 Å². The Morgan fingerprint density at radius 3 is 2.74 bits per heavy atom. The molecule has 0 bridgehead atoms. The minimum Gasteiger partial charge on any atom is -0.364 e. The van der Waals surface area contributed by atoms with Gasteiger partial charge in [0.1, 0.15) is 17.5 Å². The van der Waals surface area contributed by atoms with Crippen molar-refractivity contribution in [2.24, 2.45) is 5.84 Å². The molecular weight excluding hydrogens is 264 g/mol. The van der Waals surface area contributed by atoms with Crippen molar-refractivity contribution in [3.8, 4) is 0 Å². The Balaban J connectivity index is 2.14. The van der Waals surface area contributed by atoms with Crippen LogP contribution in [-0.2, 0) is 6.54 Å². The second-order valence-electron chi connectivity index (χ2n) is 4.32. The van der Waals surface area contributed by atoms with Gasteiger partial charge in [-0.1, -0.05) is 25.2 Å². The van der Waals surface area contributed by atoms with E-state index in [-0.39, 0.29) is 10.8 Å². The molecule has 0 aliphatic heterocycles. The van der Waals surface area contributed by atoms with Crippen LogP contribution in [0.5, 0.6) is 0 Å². The first-order valence-electron chi connectivity index (χ1n) is 5.84. The fourth-order valence-electron chi connectivity index (χ4n) is 1.47. The molecule has 5 N–H and O–H groups in total. The quantitative estimate of drug-likeness (QED) is 0.485. The lowest BCUT2D eigenvalue weighted by molar-refractivity contribution is 0.775. The Hall–Kier alpha value is -1.93. The van der Waals surface area contributed by atoms with Gasteiger partial charge in [-0.25, -0.2) is 15.8 Å². The first-order chi connectivity index (χ1) is 9.08. The molecule has 0 saturated carbocycles. The average Bonchev–Trinajstić information content (AvgIpc) is 2.81. The van der Waals surface area contributed by atoms with E-state index in [1.54, 1.807) is 11.4 Å². The molecule has 102 valence electrons. The molecule has 0 unspecified atom stereocenters. The number of nitrogens with one attached hydrogen (secondary N) is 3. The third-order valence-corrected chi connectivity index (χ3v) is 3.16. The number of nitrogens with zero attached hydrogens (tertiary/aromatic N) is 2. The van der Waals surface area contributed by atoms with Crippen molar-refractivity contribution in [3.63, 3.8) is 0 Å². The molecule has 19 heavy (non-hydrogen) atoms. The van der Waals surface area contributed by atoms with Crippen LogP contribution in [0.2, 0.25) is 0 Å². The summed E-state index contributed by atoms with van der Waals surface area (Å²) in [6, 6.07) is 1.72. The summed E-state index contributed by atoms with van der Waals surface area (Å²) in [4.78, 5) is 22.4. The standard InChI is InChI=1S/C11H16N6OS/c1-6(2)10-15-8(3-9(16-10)17-12)13-4-7-5-19-11(18)14-7/h3,5-6H,4,12H2,1-2H3,(H,14,18)(H2,13,15,16,17). The molecule has 0 saturated heterocycles. The molecular formula is C11H16N6OS. The SMILES string of the molecule is CC(C)c1nc(NN)cc(NCc2csc(=O)[nH]2)n1. The van der Waals surface area contributed by atoms with Crippen molar-refractivity contribution in [3.05, 3.63) is 32.6 Å². The van der Waals surface area contributed by atoms with Gasteiger partial charge in [0.2, 0.25) is 0 Å². The van der Waals surface area contributed by atoms with Crippen molar-refractivity contribution < 1.29 is 0 Å². The van der Waals surface area contributed by atoms with E-state index in [2.05, 4.69) is 25.7 Å².